The standard InChI is InChI=1S/C22H26N2O2/c1-2-22(26)20-12-6-5-11-19(20)21(25)24(22)16-18-10-4-3-9-17(18)15-23-13-7-8-14-23/h3-6,9-12,26H,2,7-8,13-16H2,1H3. The minimum atomic E-state index is -1.23. The zero-order chi connectivity index (χ0) is 18.1. The van der Waals surface area contributed by atoms with Crippen LogP contribution in [0, 0.1) is 0 Å². The van der Waals surface area contributed by atoms with Crippen molar-refractivity contribution in [2.45, 2.75) is 45.0 Å². The first-order valence-corrected chi connectivity index (χ1v) is 9.56. The average Bonchev–Trinajstić information content (AvgIpc) is 3.25. The summed E-state index contributed by atoms with van der Waals surface area (Å²) in [5.41, 5.74) is 2.48. The Balaban J connectivity index is 1.64. The van der Waals surface area contributed by atoms with Gasteiger partial charge in [0.1, 0.15) is 0 Å². The maximum absolute atomic E-state index is 13.0. The average molecular weight is 350 g/mol. The van der Waals surface area contributed by atoms with E-state index in [0.29, 0.717) is 18.5 Å². The SMILES string of the molecule is CCC1(O)c2ccccc2C(=O)N1Cc1ccccc1CN1CCCC1. The van der Waals surface area contributed by atoms with Gasteiger partial charge in [-0.1, -0.05) is 49.4 Å². The first-order chi connectivity index (χ1) is 12.6. The van der Waals surface area contributed by atoms with Gasteiger partial charge in [0.15, 0.2) is 5.72 Å². The highest BCUT2D eigenvalue weighted by Gasteiger charge is 2.47. The van der Waals surface area contributed by atoms with E-state index in [1.807, 2.05) is 37.3 Å². The number of likely N-dealkylation sites (tertiary alicyclic amines) is 1. The molecule has 0 bridgehead atoms. The summed E-state index contributed by atoms with van der Waals surface area (Å²) >= 11 is 0. The molecule has 0 radical (unpaired) electrons. The summed E-state index contributed by atoms with van der Waals surface area (Å²) in [5.74, 6) is -0.0825. The fourth-order valence-corrected chi connectivity index (χ4v) is 4.28. The van der Waals surface area contributed by atoms with E-state index in [1.54, 1.807) is 4.90 Å². The van der Waals surface area contributed by atoms with Gasteiger partial charge in [-0.3, -0.25) is 9.69 Å². The summed E-state index contributed by atoms with van der Waals surface area (Å²) in [6.07, 6.45) is 3.00. The van der Waals surface area contributed by atoms with Gasteiger partial charge in [0.25, 0.3) is 5.91 Å². The van der Waals surface area contributed by atoms with Crippen LogP contribution in [-0.2, 0) is 18.8 Å². The van der Waals surface area contributed by atoms with Crippen LogP contribution in [0.15, 0.2) is 48.5 Å². The van der Waals surface area contributed by atoms with E-state index in [0.717, 1.165) is 30.8 Å². The Morgan fingerprint density at radius 3 is 2.27 bits per heavy atom. The number of benzene rings is 2. The largest absolute Gasteiger partial charge is 0.367 e. The van der Waals surface area contributed by atoms with Crippen LogP contribution < -0.4 is 0 Å². The lowest BCUT2D eigenvalue weighted by Crippen LogP contribution is -2.43. The monoisotopic (exact) mass is 350 g/mol. The lowest BCUT2D eigenvalue weighted by Gasteiger charge is -2.34. The van der Waals surface area contributed by atoms with Crippen molar-refractivity contribution in [1.29, 1.82) is 0 Å². The van der Waals surface area contributed by atoms with E-state index in [-0.39, 0.29) is 5.91 Å². The van der Waals surface area contributed by atoms with Gasteiger partial charge in [0, 0.05) is 24.2 Å². The quantitative estimate of drug-likeness (QED) is 0.898. The van der Waals surface area contributed by atoms with Crippen molar-refractivity contribution in [3.05, 3.63) is 70.8 Å². The Kier molecular flexibility index (Phi) is 4.55. The Morgan fingerprint density at radius 2 is 1.58 bits per heavy atom. The normalized spacial score (nSPS) is 22.8. The van der Waals surface area contributed by atoms with Crippen LogP contribution in [0.4, 0.5) is 0 Å². The van der Waals surface area contributed by atoms with Gasteiger partial charge in [-0.15, -0.1) is 0 Å². The molecule has 0 saturated carbocycles. The van der Waals surface area contributed by atoms with Crippen LogP contribution >= 0.6 is 0 Å². The van der Waals surface area contributed by atoms with E-state index in [2.05, 4.69) is 23.1 Å². The van der Waals surface area contributed by atoms with Crippen molar-refractivity contribution in [3.63, 3.8) is 0 Å². The van der Waals surface area contributed by atoms with Gasteiger partial charge < -0.3 is 10.0 Å². The highest BCUT2D eigenvalue weighted by atomic mass is 16.3. The Morgan fingerprint density at radius 1 is 0.962 bits per heavy atom. The lowest BCUT2D eigenvalue weighted by molar-refractivity contribution is -0.0911. The minimum Gasteiger partial charge on any atom is -0.367 e. The van der Waals surface area contributed by atoms with E-state index >= 15 is 0 Å². The Labute approximate surface area is 155 Å². The molecule has 1 N–H and O–H groups in total. The first kappa shape index (κ1) is 17.3. The number of hydrogen-bond acceptors (Lipinski definition) is 3. The number of amides is 1. The maximum Gasteiger partial charge on any atom is 0.257 e. The van der Waals surface area contributed by atoms with E-state index in [4.69, 9.17) is 0 Å². The van der Waals surface area contributed by atoms with Crippen molar-refractivity contribution in [1.82, 2.24) is 9.80 Å². The van der Waals surface area contributed by atoms with Crippen LogP contribution in [0.25, 0.3) is 0 Å². The summed E-state index contributed by atoms with van der Waals surface area (Å²) in [6, 6.07) is 15.7. The molecule has 2 aromatic rings. The van der Waals surface area contributed by atoms with Crippen LogP contribution in [0.1, 0.15) is 53.2 Å². The summed E-state index contributed by atoms with van der Waals surface area (Å²) in [6.45, 7) is 5.55. The number of hydrogen-bond donors (Lipinski definition) is 1. The number of fused-ring (bicyclic) bond motifs is 1. The van der Waals surface area contributed by atoms with Gasteiger partial charge >= 0.3 is 0 Å². The summed E-state index contributed by atoms with van der Waals surface area (Å²) in [4.78, 5) is 17.1. The zero-order valence-electron chi connectivity index (χ0n) is 15.3. The lowest BCUT2D eigenvalue weighted by atomic mass is 9.98. The highest BCUT2D eigenvalue weighted by Crippen LogP contribution is 2.40. The molecular weight excluding hydrogens is 324 g/mol. The van der Waals surface area contributed by atoms with E-state index in [9.17, 15) is 9.90 Å². The van der Waals surface area contributed by atoms with Gasteiger partial charge in [-0.2, -0.15) is 0 Å². The van der Waals surface area contributed by atoms with Gasteiger partial charge in [-0.05, 0) is 49.5 Å². The molecule has 1 saturated heterocycles. The molecule has 0 aliphatic carbocycles. The fraction of sp³-hybridized carbons (Fsp3) is 0.409. The molecule has 0 aromatic heterocycles. The molecule has 2 aromatic carbocycles. The summed E-state index contributed by atoms with van der Waals surface area (Å²) in [7, 11) is 0. The second kappa shape index (κ2) is 6.86. The number of rotatable bonds is 5. The van der Waals surface area contributed by atoms with Crippen molar-refractivity contribution in [2.75, 3.05) is 13.1 Å². The van der Waals surface area contributed by atoms with Crippen LogP contribution in [0.5, 0.6) is 0 Å². The molecular formula is C22H26N2O2. The topological polar surface area (TPSA) is 43.8 Å². The van der Waals surface area contributed by atoms with Crippen molar-refractivity contribution in [3.8, 4) is 0 Å². The molecule has 1 amide bonds. The fourth-order valence-electron chi connectivity index (χ4n) is 4.28. The van der Waals surface area contributed by atoms with E-state index in [1.165, 1.54) is 18.4 Å². The second-order valence-corrected chi connectivity index (χ2v) is 7.36. The first-order valence-electron chi connectivity index (χ1n) is 9.56. The minimum absolute atomic E-state index is 0.0825. The molecule has 2 aliphatic rings. The third-order valence-corrected chi connectivity index (χ3v) is 5.81. The molecule has 2 aliphatic heterocycles. The molecule has 4 rings (SSSR count). The maximum atomic E-state index is 13.0. The molecule has 26 heavy (non-hydrogen) atoms. The Hall–Kier alpha value is -2.17. The zero-order valence-corrected chi connectivity index (χ0v) is 15.3. The predicted octanol–water partition coefficient (Wildman–Crippen LogP) is 3.49. The number of carbonyl (C=O) groups is 1. The van der Waals surface area contributed by atoms with Crippen molar-refractivity contribution in [2.24, 2.45) is 0 Å². The van der Waals surface area contributed by atoms with Gasteiger partial charge in [-0.25, -0.2) is 0 Å². The van der Waals surface area contributed by atoms with Gasteiger partial charge in [0.05, 0.1) is 0 Å². The smallest absolute Gasteiger partial charge is 0.257 e. The predicted molar refractivity (Wildman–Crippen MR) is 101 cm³/mol. The number of nitrogens with zero attached hydrogens (tertiary/aromatic N) is 2. The molecule has 2 heterocycles. The van der Waals surface area contributed by atoms with Crippen LogP contribution in [-0.4, -0.2) is 33.9 Å². The molecule has 0 spiro atoms. The number of aliphatic hydroxyl groups is 1. The molecule has 4 nitrogen and oxygen atoms in total. The molecule has 1 fully saturated rings. The molecule has 1 atom stereocenters. The van der Waals surface area contributed by atoms with Crippen LogP contribution in [0.2, 0.25) is 0 Å². The van der Waals surface area contributed by atoms with Crippen LogP contribution in [0.3, 0.4) is 0 Å². The summed E-state index contributed by atoms with van der Waals surface area (Å²) in [5, 5.41) is 11.3. The highest BCUT2D eigenvalue weighted by molar-refractivity contribution is 5.99. The molecule has 136 valence electrons. The third kappa shape index (κ3) is 2.83. The third-order valence-electron chi connectivity index (χ3n) is 5.81. The number of carbonyl (C=O) groups excluding carboxylic acids is 1. The van der Waals surface area contributed by atoms with Crippen molar-refractivity contribution < 1.29 is 9.90 Å². The van der Waals surface area contributed by atoms with Gasteiger partial charge in [0.2, 0.25) is 0 Å². The van der Waals surface area contributed by atoms with Crippen molar-refractivity contribution >= 4 is 5.91 Å². The Bertz CT molecular complexity index is 813. The summed E-state index contributed by atoms with van der Waals surface area (Å²) < 4.78 is 0. The molecule has 1 unspecified atom stereocenters. The van der Waals surface area contributed by atoms with E-state index < -0.39 is 5.72 Å². The second-order valence-electron chi connectivity index (χ2n) is 7.36. The molecule has 4 heteroatoms.